The molecule has 25 heavy (non-hydrogen) atoms. The van der Waals surface area contributed by atoms with Gasteiger partial charge in [0.2, 0.25) is 0 Å². The van der Waals surface area contributed by atoms with E-state index in [0.29, 0.717) is 18.9 Å². The summed E-state index contributed by atoms with van der Waals surface area (Å²) < 4.78 is 6.03. The van der Waals surface area contributed by atoms with Gasteiger partial charge in [-0.1, -0.05) is 57.2 Å². The third-order valence-corrected chi connectivity index (χ3v) is 4.37. The molecule has 1 unspecified atom stereocenters. The summed E-state index contributed by atoms with van der Waals surface area (Å²) >= 11 is 0. The van der Waals surface area contributed by atoms with Gasteiger partial charge in [0.25, 0.3) is 0 Å². The number of rotatable bonds is 9. The highest BCUT2D eigenvalue weighted by Gasteiger charge is 2.12. The fourth-order valence-corrected chi connectivity index (χ4v) is 2.61. The zero-order valence-electron chi connectivity index (χ0n) is 15.4. The molecule has 0 aliphatic heterocycles. The zero-order valence-corrected chi connectivity index (χ0v) is 15.4. The maximum atomic E-state index is 11.0. The van der Waals surface area contributed by atoms with E-state index >= 15 is 0 Å². The summed E-state index contributed by atoms with van der Waals surface area (Å²) in [5.41, 5.74) is 3.34. The smallest absolute Gasteiger partial charge is 0.306 e. The Balaban J connectivity index is 2.20. The number of carboxylic acid groups (broad SMARTS) is 1. The molecule has 0 aromatic heterocycles. The van der Waals surface area contributed by atoms with E-state index in [1.165, 1.54) is 0 Å². The minimum absolute atomic E-state index is 0.331. The van der Waals surface area contributed by atoms with Crippen LogP contribution in [0.5, 0.6) is 5.75 Å². The minimum atomic E-state index is -0.739. The topological polar surface area (TPSA) is 46.5 Å². The average molecular weight is 340 g/mol. The van der Waals surface area contributed by atoms with Gasteiger partial charge in [-0.2, -0.15) is 0 Å². The number of hydrogen-bond acceptors (Lipinski definition) is 2. The molecule has 0 saturated carbocycles. The number of hydrogen-bond donors (Lipinski definition) is 1. The van der Waals surface area contributed by atoms with E-state index < -0.39 is 5.97 Å². The van der Waals surface area contributed by atoms with Crippen LogP contribution in [0.2, 0.25) is 0 Å². The van der Waals surface area contributed by atoms with Gasteiger partial charge in [0.15, 0.2) is 0 Å². The molecule has 0 amide bonds. The summed E-state index contributed by atoms with van der Waals surface area (Å²) in [6, 6.07) is 16.4. The summed E-state index contributed by atoms with van der Waals surface area (Å²) in [6.45, 7) is 6.83. The SMILES string of the molecule is CC(C)CCOc1ccc(CCC(C)C(=O)O)cc1-c1ccccc1. The van der Waals surface area contributed by atoms with E-state index in [-0.39, 0.29) is 5.92 Å². The highest BCUT2D eigenvalue weighted by molar-refractivity contribution is 5.71. The predicted octanol–water partition coefficient (Wildman–Crippen LogP) is 5.43. The van der Waals surface area contributed by atoms with Crippen molar-refractivity contribution in [3.63, 3.8) is 0 Å². The second kappa shape index (κ2) is 9.26. The van der Waals surface area contributed by atoms with Crippen molar-refractivity contribution in [1.29, 1.82) is 0 Å². The molecular formula is C22H28O3. The standard InChI is InChI=1S/C22H28O3/c1-16(2)13-14-25-21-12-11-18(10-9-17(3)22(23)24)15-20(21)19-7-5-4-6-8-19/h4-8,11-12,15-17H,9-10,13-14H2,1-3H3,(H,23,24). The summed E-state index contributed by atoms with van der Waals surface area (Å²) in [7, 11) is 0. The molecular weight excluding hydrogens is 312 g/mol. The monoisotopic (exact) mass is 340 g/mol. The van der Waals surface area contributed by atoms with Crippen LogP contribution in [0.25, 0.3) is 11.1 Å². The molecule has 0 aliphatic carbocycles. The van der Waals surface area contributed by atoms with Gasteiger partial charge < -0.3 is 9.84 Å². The van der Waals surface area contributed by atoms with Crippen LogP contribution in [0.15, 0.2) is 48.5 Å². The fraction of sp³-hybridized carbons (Fsp3) is 0.409. The highest BCUT2D eigenvalue weighted by Crippen LogP contribution is 2.32. The molecule has 0 radical (unpaired) electrons. The Bertz CT molecular complexity index is 677. The van der Waals surface area contributed by atoms with E-state index in [1.54, 1.807) is 6.92 Å². The largest absolute Gasteiger partial charge is 0.493 e. The van der Waals surface area contributed by atoms with Crippen LogP contribution in [0, 0.1) is 11.8 Å². The Hall–Kier alpha value is -2.29. The van der Waals surface area contributed by atoms with Crippen LogP contribution < -0.4 is 4.74 Å². The molecule has 0 aliphatic rings. The number of aliphatic carboxylic acids is 1. The van der Waals surface area contributed by atoms with E-state index in [9.17, 15) is 4.79 Å². The number of benzene rings is 2. The van der Waals surface area contributed by atoms with Gasteiger partial charge in [0.05, 0.1) is 12.5 Å². The third-order valence-electron chi connectivity index (χ3n) is 4.37. The molecule has 0 heterocycles. The Morgan fingerprint density at radius 1 is 1.04 bits per heavy atom. The van der Waals surface area contributed by atoms with Crippen molar-refractivity contribution in [2.75, 3.05) is 6.61 Å². The third kappa shape index (κ3) is 5.93. The normalized spacial score (nSPS) is 12.2. The first-order chi connectivity index (χ1) is 12.0. The van der Waals surface area contributed by atoms with Gasteiger partial charge in [-0.05, 0) is 48.4 Å². The average Bonchev–Trinajstić information content (AvgIpc) is 2.60. The molecule has 1 atom stereocenters. The Labute approximate surface area is 150 Å². The summed E-state index contributed by atoms with van der Waals surface area (Å²) in [5, 5.41) is 9.06. The van der Waals surface area contributed by atoms with Crippen molar-refractivity contribution in [2.45, 2.75) is 40.0 Å². The van der Waals surface area contributed by atoms with E-state index in [0.717, 1.165) is 35.3 Å². The summed E-state index contributed by atoms with van der Waals surface area (Å²) in [5.74, 6) is 0.429. The van der Waals surface area contributed by atoms with Crippen LogP contribution >= 0.6 is 0 Å². The summed E-state index contributed by atoms with van der Waals surface area (Å²) in [4.78, 5) is 11.0. The maximum absolute atomic E-state index is 11.0. The van der Waals surface area contributed by atoms with Crippen LogP contribution in [-0.4, -0.2) is 17.7 Å². The fourth-order valence-electron chi connectivity index (χ4n) is 2.61. The van der Waals surface area contributed by atoms with Crippen LogP contribution in [-0.2, 0) is 11.2 Å². The van der Waals surface area contributed by atoms with Gasteiger partial charge in [0, 0.05) is 5.56 Å². The first kappa shape index (κ1) is 19.0. The van der Waals surface area contributed by atoms with Gasteiger partial charge in [-0.3, -0.25) is 4.79 Å². The molecule has 0 saturated heterocycles. The Kier molecular flexibility index (Phi) is 7.05. The molecule has 3 heteroatoms. The number of aryl methyl sites for hydroxylation is 1. The number of carboxylic acids is 1. The molecule has 2 aromatic rings. The Morgan fingerprint density at radius 3 is 2.40 bits per heavy atom. The molecule has 0 bridgehead atoms. The van der Waals surface area contributed by atoms with Crippen LogP contribution in [0.1, 0.15) is 39.2 Å². The molecule has 3 nitrogen and oxygen atoms in total. The molecule has 2 aromatic carbocycles. The van der Waals surface area contributed by atoms with Gasteiger partial charge in [0.1, 0.15) is 5.75 Å². The zero-order chi connectivity index (χ0) is 18.2. The lowest BCUT2D eigenvalue weighted by molar-refractivity contribution is -0.141. The molecule has 0 spiro atoms. The van der Waals surface area contributed by atoms with Crippen molar-refractivity contribution >= 4 is 5.97 Å². The first-order valence-corrected chi connectivity index (χ1v) is 9.01. The molecule has 0 fully saturated rings. The van der Waals surface area contributed by atoms with Gasteiger partial charge >= 0.3 is 5.97 Å². The minimum Gasteiger partial charge on any atom is -0.493 e. The van der Waals surface area contributed by atoms with Crippen LogP contribution in [0.4, 0.5) is 0 Å². The van der Waals surface area contributed by atoms with Crippen molar-refractivity contribution in [3.8, 4) is 16.9 Å². The van der Waals surface area contributed by atoms with Gasteiger partial charge in [-0.25, -0.2) is 0 Å². The first-order valence-electron chi connectivity index (χ1n) is 9.01. The van der Waals surface area contributed by atoms with E-state index in [4.69, 9.17) is 9.84 Å². The lowest BCUT2D eigenvalue weighted by Crippen LogP contribution is -2.10. The second-order valence-corrected chi connectivity index (χ2v) is 7.01. The lowest BCUT2D eigenvalue weighted by Gasteiger charge is -2.15. The van der Waals surface area contributed by atoms with E-state index in [2.05, 4.69) is 32.0 Å². The quantitative estimate of drug-likeness (QED) is 0.662. The molecule has 1 N–H and O–H groups in total. The molecule has 2 rings (SSSR count). The summed E-state index contributed by atoms with van der Waals surface area (Å²) in [6.07, 6.45) is 2.41. The lowest BCUT2D eigenvalue weighted by atomic mass is 9.97. The van der Waals surface area contributed by atoms with E-state index in [1.807, 2.05) is 30.3 Å². The van der Waals surface area contributed by atoms with Gasteiger partial charge in [-0.15, -0.1) is 0 Å². The maximum Gasteiger partial charge on any atom is 0.306 e. The van der Waals surface area contributed by atoms with Crippen LogP contribution in [0.3, 0.4) is 0 Å². The molecule has 134 valence electrons. The van der Waals surface area contributed by atoms with Crippen molar-refractivity contribution in [1.82, 2.24) is 0 Å². The Morgan fingerprint density at radius 2 is 1.76 bits per heavy atom. The van der Waals surface area contributed by atoms with Crippen molar-refractivity contribution in [2.24, 2.45) is 11.8 Å². The van der Waals surface area contributed by atoms with Crippen molar-refractivity contribution in [3.05, 3.63) is 54.1 Å². The highest BCUT2D eigenvalue weighted by atomic mass is 16.5. The predicted molar refractivity (Wildman–Crippen MR) is 102 cm³/mol. The number of carbonyl (C=O) groups is 1. The second-order valence-electron chi connectivity index (χ2n) is 7.01. The number of ether oxygens (including phenoxy) is 1. The van der Waals surface area contributed by atoms with Crippen molar-refractivity contribution < 1.29 is 14.6 Å².